The Kier molecular flexibility index (Phi) is 5.16. The van der Waals surface area contributed by atoms with E-state index in [4.69, 9.17) is 11.6 Å². The zero-order valence-electron chi connectivity index (χ0n) is 15.1. The standard InChI is InChI=1S/C23H16BrClN2O/c1-15-5-11-20(12-6-15)27-22(17-7-9-19(25)10-8-17)26-21(23(27)28)14-16-3-2-4-18(24)13-16/h2-14H,1H3/b21-14+. The molecule has 1 aliphatic rings. The van der Waals surface area contributed by atoms with Gasteiger partial charge in [-0.25, -0.2) is 4.99 Å². The van der Waals surface area contributed by atoms with Crippen LogP contribution in [0, 0.1) is 6.92 Å². The van der Waals surface area contributed by atoms with Gasteiger partial charge in [-0.15, -0.1) is 0 Å². The Balaban J connectivity index is 1.82. The van der Waals surface area contributed by atoms with Gasteiger partial charge in [-0.05, 0) is 67.1 Å². The molecule has 138 valence electrons. The molecule has 0 atom stereocenters. The highest BCUT2D eigenvalue weighted by Gasteiger charge is 2.32. The van der Waals surface area contributed by atoms with E-state index in [0.717, 1.165) is 26.9 Å². The maximum absolute atomic E-state index is 13.2. The number of benzene rings is 3. The summed E-state index contributed by atoms with van der Waals surface area (Å²) in [4.78, 5) is 19.6. The molecule has 1 amide bonds. The molecule has 1 aliphatic heterocycles. The summed E-state index contributed by atoms with van der Waals surface area (Å²) in [6, 6.07) is 22.9. The number of aliphatic imine (C=N–C) groups is 1. The number of amidine groups is 1. The van der Waals surface area contributed by atoms with Crippen molar-refractivity contribution >= 4 is 51.0 Å². The van der Waals surface area contributed by atoms with Gasteiger partial charge in [0.15, 0.2) is 0 Å². The second-order valence-electron chi connectivity index (χ2n) is 6.50. The zero-order valence-corrected chi connectivity index (χ0v) is 17.4. The Morgan fingerprint density at radius 3 is 2.39 bits per heavy atom. The Labute approximate surface area is 177 Å². The lowest BCUT2D eigenvalue weighted by molar-refractivity contribution is -0.113. The number of carbonyl (C=O) groups excluding carboxylic acids is 1. The SMILES string of the molecule is Cc1ccc(N2C(=O)/C(=C\c3cccc(Br)c3)N=C2c2ccc(Cl)cc2)cc1. The first-order valence-electron chi connectivity index (χ1n) is 8.74. The van der Waals surface area contributed by atoms with Crippen LogP contribution in [-0.2, 0) is 4.79 Å². The predicted octanol–water partition coefficient (Wildman–Crippen LogP) is 6.25. The maximum Gasteiger partial charge on any atom is 0.282 e. The average molecular weight is 452 g/mol. The molecule has 3 aromatic carbocycles. The van der Waals surface area contributed by atoms with Crippen LogP contribution in [0.25, 0.3) is 6.08 Å². The molecule has 1 heterocycles. The molecule has 0 bridgehead atoms. The Bertz CT molecular complexity index is 1100. The van der Waals surface area contributed by atoms with Crippen molar-refractivity contribution in [1.29, 1.82) is 0 Å². The van der Waals surface area contributed by atoms with Gasteiger partial charge in [-0.1, -0.05) is 57.4 Å². The molecule has 0 saturated heterocycles. The van der Waals surface area contributed by atoms with Crippen molar-refractivity contribution in [3.63, 3.8) is 0 Å². The highest BCUT2D eigenvalue weighted by Crippen LogP contribution is 2.29. The number of hydrogen-bond donors (Lipinski definition) is 0. The number of anilines is 1. The van der Waals surface area contributed by atoms with E-state index in [0.29, 0.717) is 16.6 Å². The number of hydrogen-bond acceptors (Lipinski definition) is 2. The van der Waals surface area contributed by atoms with Gasteiger partial charge in [-0.3, -0.25) is 9.69 Å². The van der Waals surface area contributed by atoms with Crippen molar-refractivity contribution < 1.29 is 4.79 Å². The van der Waals surface area contributed by atoms with E-state index in [1.165, 1.54) is 0 Å². The van der Waals surface area contributed by atoms with Gasteiger partial charge in [0.05, 0.1) is 5.69 Å². The molecule has 3 nitrogen and oxygen atoms in total. The van der Waals surface area contributed by atoms with Crippen molar-refractivity contribution in [2.45, 2.75) is 6.92 Å². The first-order valence-corrected chi connectivity index (χ1v) is 9.91. The topological polar surface area (TPSA) is 32.7 Å². The highest BCUT2D eigenvalue weighted by molar-refractivity contribution is 9.10. The molecule has 0 N–H and O–H groups in total. The zero-order chi connectivity index (χ0) is 19.7. The second kappa shape index (κ2) is 7.74. The fourth-order valence-electron chi connectivity index (χ4n) is 3.00. The third-order valence-corrected chi connectivity index (χ3v) is 5.15. The molecule has 0 fully saturated rings. The van der Waals surface area contributed by atoms with Crippen molar-refractivity contribution in [3.8, 4) is 0 Å². The lowest BCUT2D eigenvalue weighted by Gasteiger charge is -2.18. The largest absolute Gasteiger partial charge is 0.282 e. The number of halogens is 2. The highest BCUT2D eigenvalue weighted by atomic mass is 79.9. The van der Waals surface area contributed by atoms with E-state index < -0.39 is 0 Å². The smallest absolute Gasteiger partial charge is 0.266 e. The monoisotopic (exact) mass is 450 g/mol. The van der Waals surface area contributed by atoms with Gasteiger partial charge in [0.1, 0.15) is 11.5 Å². The first-order chi connectivity index (χ1) is 13.5. The summed E-state index contributed by atoms with van der Waals surface area (Å²) in [6.07, 6.45) is 1.80. The number of rotatable bonds is 3. The van der Waals surface area contributed by atoms with Crippen molar-refractivity contribution in [2.24, 2.45) is 4.99 Å². The molecular formula is C23H16BrClN2O. The normalized spacial score (nSPS) is 15.2. The van der Waals surface area contributed by atoms with Crippen LogP contribution < -0.4 is 4.90 Å². The quantitative estimate of drug-likeness (QED) is 0.433. The molecule has 0 aliphatic carbocycles. The van der Waals surface area contributed by atoms with E-state index in [-0.39, 0.29) is 5.91 Å². The summed E-state index contributed by atoms with van der Waals surface area (Å²) in [5.74, 6) is 0.431. The van der Waals surface area contributed by atoms with Crippen molar-refractivity contribution in [3.05, 3.63) is 105 Å². The molecule has 0 saturated carbocycles. The second-order valence-corrected chi connectivity index (χ2v) is 7.86. The summed E-state index contributed by atoms with van der Waals surface area (Å²) in [7, 11) is 0. The van der Waals surface area contributed by atoms with Crippen LogP contribution >= 0.6 is 27.5 Å². The molecule has 0 radical (unpaired) electrons. The van der Waals surface area contributed by atoms with Crippen LogP contribution in [0.4, 0.5) is 5.69 Å². The third-order valence-electron chi connectivity index (χ3n) is 4.41. The van der Waals surface area contributed by atoms with Crippen LogP contribution in [0.15, 0.2) is 88.0 Å². The molecule has 4 rings (SSSR count). The Morgan fingerprint density at radius 1 is 1.00 bits per heavy atom. The fraction of sp³-hybridized carbons (Fsp3) is 0.0435. The van der Waals surface area contributed by atoms with E-state index in [1.54, 1.807) is 23.1 Å². The number of carbonyl (C=O) groups is 1. The Hall–Kier alpha value is -2.69. The maximum atomic E-state index is 13.2. The summed E-state index contributed by atoms with van der Waals surface area (Å²) < 4.78 is 0.949. The van der Waals surface area contributed by atoms with E-state index in [2.05, 4.69) is 20.9 Å². The minimum Gasteiger partial charge on any atom is -0.266 e. The lowest BCUT2D eigenvalue weighted by Crippen LogP contribution is -2.32. The molecule has 3 aromatic rings. The summed E-state index contributed by atoms with van der Waals surface area (Å²) in [5, 5.41) is 0.639. The fourth-order valence-corrected chi connectivity index (χ4v) is 3.54. The number of amides is 1. The predicted molar refractivity (Wildman–Crippen MR) is 119 cm³/mol. The Morgan fingerprint density at radius 2 is 1.71 bits per heavy atom. The van der Waals surface area contributed by atoms with Crippen LogP contribution in [-0.4, -0.2) is 11.7 Å². The molecule has 0 spiro atoms. The summed E-state index contributed by atoms with van der Waals surface area (Å²) >= 11 is 9.50. The average Bonchev–Trinajstić information content (AvgIpc) is 2.99. The van der Waals surface area contributed by atoms with E-state index in [9.17, 15) is 4.79 Å². The summed E-state index contributed by atoms with van der Waals surface area (Å²) in [5.41, 5.74) is 4.04. The van der Waals surface area contributed by atoms with Crippen molar-refractivity contribution in [1.82, 2.24) is 0 Å². The minimum absolute atomic E-state index is 0.159. The first kappa shape index (κ1) is 18.7. The number of aryl methyl sites for hydroxylation is 1. The van der Waals surface area contributed by atoms with Gasteiger partial charge in [0, 0.05) is 15.1 Å². The minimum atomic E-state index is -0.159. The van der Waals surface area contributed by atoms with E-state index in [1.807, 2.05) is 67.6 Å². The van der Waals surface area contributed by atoms with Gasteiger partial charge in [-0.2, -0.15) is 0 Å². The molecule has 0 unspecified atom stereocenters. The molecular weight excluding hydrogens is 436 g/mol. The van der Waals surface area contributed by atoms with Gasteiger partial charge in [0.2, 0.25) is 0 Å². The molecule has 0 aromatic heterocycles. The third kappa shape index (κ3) is 3.79. The lowest BCUT2D eigenvalue weighted by atomic mass is 10.1. The van der Waals surface area contributed by atoms with Crippen LogP contribution in [0.5, 0.6) is 0 Å². The number of nitrogens with zero attached hydrogens (tertiary/aromatic N) is 2. The molecule has 5 heteroatoms. The van der Waals surface area contributed by atoms with Crippen LogP contribution in [0.2, 0.25) is 5.02 Å². The van der Waals surface area contributed by atoms with Gasteiger partial charge < -0.3 is 0 Å². The van der Waals surface area contributed by atoms with Gasteiger partial charge in [0.25, 0.3) is 5.91 Å². The van der Waals surface area contributed by atoms with Crippen LogP contribution in [0.1, 0.15) is 16.7 Å². The van der Waals surface area contributed by atoms with Gasteiger partial charge >= 0.3 is 0 Å². The molecule has 28 heavy (non-hydrogen) atoms. The van der Waals surface area contributed by atoms with E-state index >= 15 is 0 Å². The van der Waals surface area contributed by atoms with Crippen LogP contribution in [0.3, 0.4) is 0 Å². The summed E-state index contributed by atoms with van der Waals surface area (Å²) in [6.45, 7) is 2.02. The van der Waals surface area contributed by atoms with Crippen molar-refractivity contribution in [2.75, 3.05) is 4.90 Å².